The van der Waals surface area contributed by atoms with E-state index in [4.69, 9.17) is 0 Å². The maximum Gasteiger partial charge on any atom is 0.0547 e. The summed E-state index contributed by atoms with van der Waals surface area (Å²) in [6, 6.07) is 78.0. The van der Waals surface area contributed by atoms with Gasteiger partial charge >= 0.3 is 0 Å². The summed E-state index contributed by atoms with van der Waals surface area (Å²) in [5.74, 6) is 0. The van der Waals surface area contributed by atoms with Gasteiger partial charge in [0, 0.05) is 36.8 Å². The number of benzene rings is 10. The SMILES string of the molecule is Brc1ccc(-c2cc(-c3ccc4c5ccccc5n(-c5cccc6ccccc56)c4c3)cc(-c3ccc4c5ccccc5n(-c5cccc6ccccc56)c4c3)c2)cc1. The summed E-state index contributed by atoms with van der Waals surface area (Å²) in [6.45, 7) is 0. The highest BCUT2D eigenvalue weighted by Crippen LogP contribution is 2.41. The smallest absolute Gasteiger partial charge is 0.0547 e. The minimum Gasteiger partial charge on any atom is -0.309 e. The molecular formula is C56H35BrN2. The number of para-hydroxylation sites is 2. The lowest BCUT2D eigenvalue weighted by Gasteiger charge is -2.14. The first-order valence-electron chi connectivity index (χ1n) is 20.1. The Morgan fingerprint density at radius 3 is 1.12 bits per heavy atom. The first-order chi connectivity index (χ1) is 29.2. The fourth-order valence-corrected chi connectivity index (χ4v) is 9.66. The van der Waals surface area contributed by atoms with Gasteiger partial charge in [-0.3, -0.25) is 0 Å². The van der Waals surface area contributed by atoms with Crippen molar-refractivity contribution in [3.8, 4) is 44.8 Å². The summed E-state index contributed by atoms with van der Waals surface area (Å²) >= 11 is 3.67. The quantitative estimate of drug-likeness (QED) is 0.164. The van der Waals surface area contributed by atoms with Crippen LogP contribution < -0.4 is 0 Å². The van der Waals surface area contributed by atoms with E-state index in [1.165, 1.54) is 110 Å². The number of hydrogen-bond acceptors (Lipinski definition) is 0. The van der Waals surface area contributed by atoms with Crippen LogP contribution in [0.3, 0.4) is 0 Å². The van der Waals surface area contributed by atoms with Crippen LogP contribution in [-0.4, -0.2) is 9.13 Å². The Kier molecular flexibility index (Phi) is 7.72. The average molecular weight is 816 g/mol. The van der Waals surface area contributed by atoms with Crippen molar-refractivity contribution in [3.63, 3.8) is 0 Å². The summed E-state index contributed by atoms with van der Waals surface area (Å²) in [6.07, 6.45) is 0. The molecule has 0 saturated carbocycles. The molecule has 2 aromatic heterocycles. The summed E-state index contributed by atoms with van der Waals surface area (Å²) < 4.78 is 5.97. The lowest BCUT2D eigenvalue weighted by Crippen LogP contribution is -1.96. The van der Waals surface area contributed by atoms with E-state index in [1.54, 1.807) is 0 Å². The fourth-order valence-electron chi connectivity index (χ4n) is 9.40. The summed E-state index contributed by atoms with van der Waals surface area (Å²) in [5, 5.41) is 9.92. The van der Waals surface area contributed by atoms with E-state index in [9.17, 15) is 0 Å². The highest BCUT2D eigenvalue weighted by atomic mass is 79.9. The van der Waals surface area contributed by atoms with E-state index in [2.05, 4.69) is 237 Å². The highest BCUT2D eigenvalue weighted by Gasteiger charge is 2.18. The molecule has 0 unspecified atom stereocenters. The molecule has 0 aliphatic rings. The minimum atomic E-state index is 1.07. The Hall–Kier alpha value is -7.20. The number of hydrogen-bond donors (Lipinski definition) is 0. The summed E-state index contributed by atoms with van der Waals surface area (Å²) in [4.78, 5) is 0. The van der Waals surface area contributed by atoms with Gasteiger partial charge in [0.15, 0.2) is 0 Å². The van der Waals surface area contributed by atoms with Gasteiger partial charge in [-0.05, 0) is 111 Å². The molecule has 0 N–H and O–H groups in total. The third kappa shape index (κ3) is 5.46. The molecule has 10 aromatic carbocycles. The number of aromatic nitrogens is 2. The third-order valence-corrected chi connectivity index (χ3v) is 12.7. The van der Waals surface area contributed by atoms with Crippen molar-refractivity contribution in [2.24, 2.45) is 0 Å². The molecule has 0 spiro atoms. The minimum absolute atomic E-state index is 1.07. The van der Waals surface area contributed by atoms with Gasteiger partial charge < -0.3 is 9.13 Å². The van der Waals surface area contributed by atoms with Crippen molar-refractivity contribution in [3.05, 3.63) is 217 Å². The van der Waals surface area contributed by atoms with Crippen LogP contribution in [0.15, 0.2) is 217 Å². The van der Waals surface area contributed by atoms with E-state index in [0.717, 1.165) is 4.47 Å². The largest absolute Gasteiger partial charge is 0.309 e. The van der Waals surface area contributed by atoms with Crippen molar-refractivity contribution in [2.75, 3.05) is 0 Å². The van der Waals surface area contributed by atoms with Crippen LogP contribution in [0.4, 0.5) is 0 Å². The molecule has 0 aliphatic carbocycles. The monoisotopic (exact) mass is 814 g/mol. The van der Waals surface area contributed by atoms with Gasteiger partial charge in [0.2, 0.25) is 0 Å². The first-order valence-corrected chi connectivity index (χ1v) is 20.9. The predicted molar refractivity (Wildman–Crippen MR) is 254 cm³/mol. The second kappa shape index (κ2) is 13.4. The molecule has 0 atom stereocenters. The van der Waals surface area contributed by atoms with Gasteiger partial charge in [0.05, 0.1) is 33.4 Å². The molecule has 0 aliphatic heterocycles. The number of nitrogens with zero attached hydrogens (tertiary/aromatic N) is 2. The zero-order chi connectivity index (χ0) is 39.0. The topological polar surface area (TPSA) is 9.86 Å². The van der Waals surface area contributed by atoms with Crippen molar-refractivity contribution in [1.82, 2.24) is 9.13 Å². The Labute approximate surface area is 350 Å². The van der Waals surface area contributed by atoms with Crippen LogP contribution in [0, 0.1) is 0 Å². The van der Waals surface area contributed by atoms with Crippen LogP contribution in [-0.2, 0) is 0 Å². The Bertz CT molecular complexity index is 3400. The lowest BCUT2D eigenvalue weighted by atomic mass is 9.92. The lowest BCUT2D eigenvalue weighted by molar-refractivity contribution is 1.20. The molecule has 12 aromatic rings. The second-order valence-corrected chi connectivity index (χ2v) is 16.4. The normalized spacial score (nSPS) is 11.8. The molecule has 59 heavy (non-hydrogen) atoms. The molecule has 0 radical (unpaired) electrons. The summed E-state index contributed by atoms with van der Waals surface area (Å²) in [5.41, 5.74) is 14.2. The van der Waals surface area contributed by atoms with Gasteiger partial charge in [-0.2, -0.15) is 0 Å². The average Bonchev–Trinajstić information content (AvgIpc) is 3.80. The Morgan fingerprint density at radius 2 is 0.627 bits per heavy atom. The molecule has 2 nitrogen and oxygen atoms in total. The van der Waals surface area contributed by atoms with E-state index < -0.39 is 0 Å². The van der Waals surface area contributed by atoms with Crippen molar-refractivity contribution in [2.45, 2.75) is 0 Å². The van der Waals surface area contributed by atoms with Gasteiger partial charge in [-0.1, -0.05) is 162 Å². The van der Waals surface area contributed by atoms with Crippen molar-refractivity contribution >= 4 is 81.1 Å². The molecule has 0 fully saturated rings. The molecule has 0 amide bonds. The Balaban J connectivity index is 1.10. The van der Waals surface area contributed by atoms with Crippen LogP contribution in [0.25, 0.3) is 110 Å². The number of rotatable bonds is 5. The van der Waals surface area contributed by atoms with Crippen LogP contribution in [0.2, 0.25) is 0 Å². The number of fused-ring (bicyclic) bond motifs is 8. The van der Waals surface area contributed by atoms with Crippen molar-refractivity contribution in [1.29, 1.82) is 0 Å². The standard InChI is InChI=1S/C56H35BrN2/c57-44-27-23-36(24-28-44)41-31-42(39-25-29-49-47-17-5-7-19-53(47)58(55(49)34-39)51-21-9-13-37-11-1-3-15-45(37)51)33-43(32-41)40-26-30-50-48-18-6-8-20-54(48)59(56(50)35-40)52-22-10-14-38-12-2-4-16-46(38)52/h1-35H. The maximum atomic E-state index is 3.67. The van der Waals surface area contributed by atoms with Gasteiger partial charge in [0.25, 0.3) is 0 Å². The third-order valence-electron chi connectivity index (χ3n) is 12.1. The van der Waals surface area contributed by atoms with E-state index >= 15 is 0 Å². The zero-order valence-electron chi connectivity index (χ0n) is 32.0. The molecular weight excluding hydrogens is 781 g/mol. The maximum absolute atomic E-state index is 3.67. The molecule has 3 heteroatoms. The fraction of sp³-hybridized carbons (Fsp3) is 0. The Morgan fingerprint density at radius 1 is 0.254 bits per heavy atom. The van der Waals surface area contributed by atoms with E-state index in [-0.39, 0.29) is 0 Å². The number of halogens is 1. The highest BCUT2D eigenvalue weighted by molar-refractivity contribution is 9.10. The van der Waals surface area contributed by atoms with E-state index in [0.29, 0.717) is 0 Å². The second-order valence-electron chi connectivity index (χ2n) is 15.5. The van der Waals surface area contributed by atoms with Gasteiger partial charge in [-0.25, -0.2) is 0 Å². The van der Waals surface area contributed by atoms with E-state index in [1.807, 2.05) is 0 Å². The molecule has 0 saturated heterocycles. The van der Waals surface area contributed by atoms with Crippen molar-refractivity contribution < 1.29 is 0 Å². The zero-order valence-corrected chi connectivity index (χ0v) is 33.6. The first kappa shape index (κ1) is 33.9. The van der Waals surface area contributed by atoms with Crippen LogP contribution in [0.5, 0.6) is 0 Å². The molecule has 12 rings (SSSR count). The van der Waals surface area contributed by atoms with Gasteiger partial charge in [0.1, 0.15) is 0 Å². The molecule has 2 heterocycles. The van der Waals surface area contributed by atoms with Crippen LogP contribution >= 0.6 is 15.9 Å². The molecule has 276 valence electrons. The summed E-state index contributed by atoms with van der Waals surface area (Å²) in [7, 11) is 0. The molecule has 0 bridgehead atoms. The van der Waals surface area contributed by atoms with Gasteiger partial charge in [-0.15, -0.1) is 0 Å². The predicted octanol–water partition coefficient (Wildman–Crippen LogP) is 16.0. The van der Waals surface area contributed by atoms with Crippen LogP contribution in [0.1, 0.15) is 0 Å².